The SMILES string of the molecule is CCCc1cc(-c2ccc(O)c([N+](=O)[O-])c2)n(C)n1. The van der Waals surface area contributed by atoms with Gasteiger partial charge in [-0.3, -0.25) is 14.8 Å². The first-order valence-electron chi connectivity index (χ1n) is 6.03. The number of aryl methyl sites for hydroxylation is 2. The van der Waals surface area contributed by atoms with Crippen molar-refractivity contribution in [3.63, 3.8) is 0 Å². The predicted octanol–water partition coefficient (Wildman–Crippen LogP) is 2.65. The van der Waals surface area contributed by atoms with Gasteiger partial charge in [-0.1, -0.05) is 13.3 Å². The minimum Gasteiger partial charge on any atom is -0.502 e. The fourth-order valence-electron chi connectivity index (χ4n) is 2.00. The summed E-state index contributed by atoms with van der Waals surface area (Å²) in [7, 11) is 1.80. The summed E-state index contributed by atoms with van der Waals surface area (Å²) in [6.07, 6.45) is 1.86. The molecule has 0 atom stereocenters. The van der Waals surface area contributed by atoms with Crippen LogP contribution in [0.4, 0.5) is 5.69 Å². The van der Waals surface area contributed by atoms with Gasteiger partial charge in [-0.15, -0.1) is 0 Å². The van der Waals surface area contributed by atoms with E-state index in [0.29, 0.717) is 5.56 Å². The lowest BCUT2D eigenvalue weighted by Crippen LogP contribution is -1.95. The summed E-state index contributed by atoms with van der Waals surface area (Å²) in [6, 6.07) is 6.26. The van der Waals surface area contributed by atoms with Gasteiger partial charge in [0, 0.05) is 18.7 Å². The molecule has 2 aromatic rings. The summed E-state index contributed by atoms with van der Waals surface area (Å²) in [6.45, 7) is 2.07. The fraction of sp³-hybridized carbons (Fsp3) is 0.308. The van der Waals surface area contributed by atoms with E-state index < -0.39 is 4.92 Å². The molecule has 1 aromatic heterocycles. The topological polar surface area (TPSA) is 81.2 Å². The molecule has 2 rings (SSSR count). The third-order valence-corrected chi connectivity index (χ3v) is 2.90. The van der Waals surface area contributed by atoms with Crippen LogP contribution in [0.5, 0.6) is 5.75 Å². The maximum atomic E-state index is 10.8. The highest BCUT2D eigenvalue weighted by Crippen LogP contribution is 2.31. The van der Waals surface area contributed by atoms with Crippen LogP contribution in [0.15, 0.2) is 24.3 Å². The summed E-state index contributed by atoms with van der Waals surface area (Å²) in [5.41, 5.74) is 2.12. The highest BCUT2D eigenvalue weighted by Gasteiger charge is 2.16. The maximum absolute atomic E-state index is 10.8. The lowest BCUT2D eigenvalue weighted by Gasteiger charge is -2.02. The van der Waals surface area contributed by atoms with Gasteiger partial charge in [-0.25, -0.2) is 0 Å². The average molecular weight is 261 g/mol. The number of benzene rings is 1. The molecule has 0 unspecified atom stereocenters. The van der Waals surface area contributed by atoms with Crippen molar-refractivity contribution in [3.05, 3.63) is 40.1 Å². The predicted molar refractivity (Wildman–Crippen MR) is 71.0 cm³/mol. The van der Waals surface area contributed by atoms with E-state index >= 15 is 0 Å². The van der Waals surface area contributed by atoms with E-state index in [2.05, 4.69) is 12.0 Å². The van der Waals surface area contributed by atoms with Gasteiger partial charge in [-0.2, -0.15) is 5.10 Å². The molecule has 1 aromatic carbocycles. The molecule has 0 bridgehead atoms. The van der Waals surface area contributed by atoms with Gasteiger partial charge in [0.25, 0.3) is 0 Å². The largest absolute Gasteiger partial charge is 0.502 e. The Hall–Kier alpha value is -2.37. The summed E-state index contributed by atoms with van der Waals surface area (Å²) >= 11 is 0. The first-order chi connectivity index (χ1) is 9.02. The van der Waals surface area contributed by atoms with Crippen LogP contribution in [0, 0.1) is 10.1 Å². The van der Waals surface area contributed by atoms with E-state index in [4.69, 9.17) is 0 Å². The van der Waals surface area contributed by atoms with Gasteiger partial charge in [0.15, 0.2) is 5.75 Å². The Balaban J connectivity index is 2.47. The normalized spacial score (nSPS) is 10.6. The molecule has 0 spiro atoms. The Kier molecular flexibility index (Phi) is 3.50. The minimum absolute atomic E-state index is 0.296. The zero-order chi connectivity index (χ0) is 14.0. The molecule has 0 fully saturated rings. The molecule has 1 heterocycles. The Morgan fingerprint density at radius 1 is 1.42 bits per heavy atom. The number of rotatable bonds is 4. The van der Waals surface area contributed by atoms with E-state index in [-0.39, 0.29) is 11.4 Å². The zero-order valence-electron chi connectivity index (χ0n) is 10.8. The lowest BCUT2D eigenvalue weighted by atomic mass is 10.1. The molecule has 0 saturated carbocycles. The number of nitro groups is 1. The van der Waals surface area contributed by atoms with Crippen molar-refractivity contribution in [2.45, 2.75) is 19.8 Å². The monoisotopic (exact) mass is 261 g/mol. The van der Waals surface area contributed by atoms with E-state index in [1.807, 2.05) is 6.07 Å². The van der Waals surface area contributed by atoms with Crippen LogP contribution in [0.2, 0.25) is 0 Å². The van der Waals surface area contributed by atoms with Crippen LogP contribution in [0.3, 0.4) is 0 Å². The number of phenolic OH excluding ortho intramolecular Hbond substituents is 1. The third kappa shape index (κ3) is 2.57. The van der Waals surface area contributed by atoms with E-state index in [9.17, 15) is 15.2 Å². The van der Waals surface area contributed by atoms with Gasteiger partial charge in [0.05, 0.1) is 16.3 Å². The molecule has 0 radical (unpaired) electrons. The van der Waals surface area contributed by atoms with Gasteiger partial charge in [0.2, 0.25) is 0 Å². The molecule has 6 nitrogen and oxygen atoms in total. The number of aromatic hydroxyl groups is 1. The van der Waals surface area contributed by atoms with Crippen LogP contribution in [-0.4, -0.2) is 19.8 Å². The second-order valence-corrected chi connectivity index (χ2v) is 4.36. The van der Waals surface area contributed by atoms with Crippen LogP contribution >= 0.6 is 0 Å². The van der Waals surface area contributed by atoms with Crippen molar-refractivity contribution < 1.29 is 10.0 Å². The Bertz CT molecular complexity index is 620. The summed E-state index contributed by atoms with van der Waals surface area (Å²) in [5.74, 6) is -0.329. The molecular weight excluding hydrogens is 246 g/mol. The van der Waals surface area contributed by atoms with Gasteiger partial charge < -0.3 is 5.11 Å². The molecule has 0 aliphatic heterocycles. The van der Waals surface area contributed by atoms with Crippen molar-refractivity contribution in [1.82, 2.24) is 9.78 Å². The maximum Gasteiger partial charge on any atom is 0.311 e. The van der Waals surface area contributed by atoms with Gasteiger partial charge in [-0.05, 0) is 24.6 Å². The van der Waals surface area contributed by atoms with Crippen LogP contribution in [0.25, 0.3) is 11.3 Å². The van der Waals surface area contributed by atoms with Crippen molar-refractivity contribution in [2.24, 2.45) is 7.05 Å². The number of phenols is 1. The van der Waals surface area contributed by atoms with Crippen molar-refractivity contribution in [3.8, 4) is 17.0 Å². The Labute approximate surface area is 110 Å². The van der Waals surface area contributed by atoms with Crippen molar-refractivity contribution >= 4 is 5.69 Å². The summed E-state index contributed by atoms with van der Waals surface area (Å²) in [4.78, 5) is 10.2. The molecule has 6 heteroatoms. The molecule has 0 aliphatic carbocycles. The number of aromatic nitrogens is 2. The van der Waals surface area contributed by atoms with E-state index in [1.54, 1.807) is 17.8 Å². The molecular formula is C13H15N3O3. The number of hydrogen-bond acceptors (Lipinski definition) is 4. The highest BCUT2D eigenvalue weighted by atomic mass is 16.6. The van der Waals surface area contributed by atoms with Crippen LogP contribution in [0.1, 0.15) is 19.0 Å². The first-order valence-corrected chi connectivity index (χ1v) is 6.03. The third-order valence-electron chi connectivity index (χ3n) is 2.90. The molecule has 0 aliphatic rings. The molecule has 0 amide bonds. The van der Waals surface area contributed by atoms with Crippen molar-refractivity contribution in [1.29, 1.82) is 0 Å². The second-order valence-electron chi connectivity index (χ2n) is 4.36. The Morgan fingerprint density at radius 2 is 2.16 bits per heavy atom. The lowest BCUT2D eigenvalue weighted by molar-refractivity contribution is -0.385. The quantitative estimate of drug-likeness (QED) is 0.677. The van der Waals surface area contributed by atoms with Crippen LogP contribution < -0.4 is 0 Å². The average Bonchev–Trinajstić information content (AvgIpc) is 2.71. The zero-order valence-corrected chi connectivity index (χ0v) is 10.8. The fourth-order valence-corrected chi connectivity index (χ4v) is 2.00. The standard InChI is InChI=1S/C13H15N3O3/c1-3-4-10-8-11(15(2)14-10)9-5-6-13(17)12(7-9)16(18)19/h5-8,17H,3-4H2,1-2H3. The minimum atomic E-state index is -0.595. The number of nitrogens with zero attached hydrogens (tertiary/aromatic N) is 3. The molecule has 0 saturated heterocycles. The molecule has 19 heavy (non-hydrogen) atoms. The van der Waals surface area contributed by atoms with Gasteiger partial charge in [0.1, 0.15) is 0 Å². The van der Waals surface area contributed by atoms with Crippen molar-refractivity contribution in [2.75, 3.05) is 0 Å². The van der Waals surface area contributed by atoms with E-state index in [1.165, 1.54) is 12.1 Å². The van der Waals surface area contributed by atoms with Crippen LogP contribution in [-0.2, 0) is 13.5 Å². The smallest absolute Gasteiger partial charge is 0.311 e. The molecule has 100 valence electrons. The number of hydrogen-bond donors (Lipinski definition) is 1. The summed E-state index contributed by atoms with van der Waals surface area (Å²) < 4.78 is 1.70. The second kappa shape index (κ2) is 5.09. The van der Waals surface area contributed by atoms with E-state index in [0.717, 1.165) is 24.2 Å². The Morgan fingerprint density at radius 3 is 2.79 bits per heavy atom. The highest BCUT2D eigenvalue weighted by molar-refractivity contribution is 5.66. The van der Waals surface area contributed by atoms with Gasteiger partial charge >= 0.3 is 5.69 Å². The number of nitro benzene ring substituents is 1. The summed E-state index contributed by atoms with van der Waals surface area (Å²) in [5, 5.41) is 24.6. The first kappa shape index (κ1) is 13.1. The molecule has 1 N–H and O–H groups in total.